The Morgan fingerprint density at radius 2 is 1.66 bits per heavy atom. The Labute approximate surface area is 186 Å². The van der Waals surface area contributed by atoms with Gasteiger partial charge < -0.3 is 24.8 Å². The Balaban J connectivity index is 1.24. The van der Waals surface area contributed by atoms with Crippen LogP contribution in [0.4, 0.5) is 10.6 Å². The van der Waals surface area contributed by atoms with Gasteiger partial charge in [-0.15, -0.1) is 0 Å². The molecule has 0 aliphatic carbocycles. The number of rotatable bonds is 7. The van der Waals surface area contributed by atoms with Gasteiger partial charge in [-0.1, -0.05) is 30.3 Å². The number of amides is 2. The van der Waals surface area contributed by atoms with E-state index in [4.69, 9.17) is 4.74 Å². The lowest BCUT2D eigenvalue weighted by atomic mass is 10.1. The molecule has 2 aromatic heterocycles. The van der Waals surface area contributed by atoms with E-state index in [1.54, 1.807) is 29.1 Å². The molecule has 0 radical (unpaired) electrons. The summed E-state index contributed by atoms with van der Waals surface area (Å²) in [6.45, 7) is 4.43. The van der Waals surface area contributed by atoms with Crippen LogP contribution in [0, 0.1) is 0 Å². The first kappa shape index (κ1) is 21.6. The van der Waals surface area contributed by atoms with E-state index < -0.39 is 0 Å². The average Bonchev–Trinajstić information content (AvgIpc) is 2.84. The molecule has 1 fully saturated rings. The van der Waals surface area contributed by atoms with E-state index in [0.717, 1.165) is 35.6 Å². The first-order valence-electron chi connectivity index (χ1n) is 10.7. The highest BCUT2D eigenvalue weighted by Gasteiger charge is 2.12. The highest BCUT2D eigenvalue weighted by Crippen LogP contribution is 2.14. The Morgan fingerprint density at radius 3 is 2.41 bits per heavy atom. The van der Waals surface area contributed by atoms with Crippen molar-refractivity contribution in [2.24, 2.45) is 0 Å². The van der Waals surface area contributed by atoms with Gasteiger partial charge in [0, 0.05) is 44.6 Å². The second kappa shape index (κ2) is 10.6. The van der Waals surface area contributed by atoms with Gasteiger partial charge in [-0.05, 0) is 34.9 Å². The number of carbonyl (C=O) groups excluding carboxylic acids is 1. The maximum atomic E-state index is 12.2. The van der Waals surface area contributed by atoms with E-state index in [9.17, 15) is 9.59 Å². The molecule has 0 spiro atoms. The van der Waals surface area contributed by atoms with E-state index in [1.165, 1.54) is 0 Å². The third kappa shape index (κ3) is 5.95. The number of ether oxygens (including phenoxy) is 1. The standard InChI is InChI=1S/C24H27N5O3/c30-23-3-1-2-10-29(23)18-20-6-4-19(5-7-20)16-26-24(31)27-17-21-8-9-25-22(15-21)28-11-13-32-14-12-28/h1-10,15H,11-14,16-18H2,(H2,26,27,31). The smallest absolute Gasteiger partial charge is 0.315 e. The number of nitrogens with zero attached hydrogens (tertiary/aromatic N) is 3. The third-order valence-corrected chi connectivity index (χ3v) is 5.33. The minimum absolute atomic E-state index is 0.0267. The van der Waals surface area contributed by atoms with Gasteiger partial charge in [-0.3, -0.25) is 4.79 Å². The van der Waals surface area contributed by atoms with Crippen molar-refractivity contribution in [1.82, 2.24) is 20.2 Å². The van der Waals surface area contributed by atoms with Crippen molar-refractivity contribution >= 4 is 11.8 Å². The number of urea groups is 1. The maximum absolute atomic E-state index is 12.2. The molecular formula is C24H27N5O3. The number of anilines is 1. The molecule has 4 rings (SSSR count). The Bertz CT molecular complexity index is 1090. The minimum atomic E-state index is -0.227. The van der Waals surface area contributed by atoms with Crippen LogP contribution in [0.1, 0.15) is 16.7 Å². The molecule has 32 heavy (non-hydrogen) atoms. The summed E-state index contributed by atoms with van der Waals surface area (Å²) in [4.78, 5) is 30.7. The maximum Gasteiger partial charge on any atom is 0.315 e. The van der Waals surface area contributed by atoms with Gasteiger partial charge in [0.05, 0.1) is 19.8 Å². The van der Waals surface area contributed by atoms with Gasteiger partial charge in [0.25, 0.3) is 5.56 Å². The fourth-order valence-electron chi connectivity index (χ4n) is 3.51. The molecule has 2 amide bonds. The fraction of sp³-hybridized carbons (Fsp3) is 0.292. The number of hydrogen-bond donors (Lipinski definition) is 2. The Morgan fingerprint density at radius 1 is 0.938 bits per heavy atom. The topological polar surface area (TPSA) is 88.5 Å². The van der Waals surface area contributed by atoms with Crippen LogP contribution in [0.2, 0.25) is 0 Å². The van der Waals surface area contributed by atoms with Crippen molar-refractivity contribution in [3.05, 3.63) is 94.0 Å². The van der Waals surface area contributed by atoms with Crippen LogP contribution in [0.5, 0.6) is 0 Å². The predicted octanol–water partition coefficient (Wildman–Crippen LogP) is 2.13. The van der Waals surface area contributed by atoms with Gasteiger partial charge in [0.15, 0.2) is 0 Å². The highest BCUT2D eigenvalue weighted by atomic mass is 16.5. The summed E-state index contributed by atoms with van der Waals surface area (Å²) in [6, 6.07) is 16.7. The molecule has 1 aliphatic rings. The van der Waals surface area contributed by atoms with Crippen molar-refractivity contribution in [1.29, 1.82) is 0 Å². The molecule has 1 aromatic carbocycles. The summed E-state index contributed by atoms with van der Waals surface area (Å²) in [6.07, 6.45) is 3.54. The van der Waals surface area contributed by atoms with Crippen molar-refractivity contribution in [3.8, 4) is 0 Å². The number of aromatic nitrogens is 2. The molecule has 0 bridgehead atoms. The van der Waals surface area contributed by atoms with Crippen molar-refractivity contribution in [3.63, 3.8) is 0 Å². The van der Waals surface area contributed by atoms with E-state index in [1.807, 2.05) is 42.5 Å². The summed E-state index contributed by atoms with van der Waals surface area (Å²) in [5.41, 5.74) is 2.99. The molecule has 3 aromatic rings. The van der Waals surface area contributed by atoms with Gasteiger partial charge in [0.2, 0.25) is 0 Å². The van der Waals surface area contributed by atoms with Crippen LogP contribution in [0.15, 0.2) is 71.8 Å². The zero-order valence-electron chi connectivity index (χ0n) is 17.9. The number of morpholine rings is 1. The lowest BCUT2D eigenvalue weighted by Gasteiger charge is -2.28. The molecule has 3 heterocycles. The van der Waals surface area contributed by atoms with E-state index in [0.29, 0.717) is 32.8 Å². The monoisotopic (exact) mass is 433 g/mol. The van der Waals surface area contributed by atoms with Crippen LogP contribution in [0.25, 0.3) is 0 Å². The second-order valence-corrected chi connectivity index (χ2v) is 7.64. The van der Waals surface area contributed by atoms with E-state index in [2.05, 4.69) is 20.5 Å². The first-order chi connectivity index (χ1) is 15.7. The second-order valence-electron chi connectivity index (χ2n) is 7.64. The largest absolute Gasteiger partial charge is 0.378 e. The minimum Gasteiger partial charge on any atom is -0.378 e. The van der Waals surface area contributed by atoms with Crippen LogP contribution in [-0.2, 0) is 24.4 Å². The highest BCUT2D eigenvalue weighted by molar-refractivity contribution is 5.73. The van der Waals surface area contributed by atoms with Crippen LogP contribution in [-0.4, -0.2) is 41.9 Å². The zero-order valence-corrected chi connectivity index (χ0v) is 17.9. The molecule has 1 aliphatic heterocycles. The first-order valence-corrected chi connectivity index (χ1v) is 10.7. The number of hydrogen-bond acceptors (Lipinski definition) is 5. The molecular weight excluding hydrogens is 406 g/mol. The Kier molecular flexibility index (Phi) is 7.14. The normalized spacial score (nSPS) is 13.6. The van der Waals surface area contributed by atoms with Gasteiger partial charge in [0.1, 0.15) is 5.82 Å². The SMILES string of the molecule is O=C(NCc1ccc(Cn2ccccc2=O)cc1)NCc1ccnc(N2CCOCC2)c1. The average molecular weight is 434 g/mol. The summed E-state index contributed by atoms with van der Waals surface area (Å²) in [5, 5.41) is 5.77. The third-order valence-electron chi connectivity index (χ3n) is 5.33. The summed E-state index contributed by atoms with van der Waals surface area (Å²) >= 11 is 0. The summed E-state index contributed by atoms with van der Waals surface area (Å²) < 4.78 is 7.04. The van der Waals surface area contributed by atoms with Gasteiger partial charge in [-0.25, -0.2) is 9.78 Å². The number of benzene rings is 1. The number of nitrogens with one attached hydrogen (secondary N) is 2. The van der Waals surface area contributed by atoms with Crippen LogP contribution < -0.4 is 21.1 Å². The van der Waals surface area contributed by atoms with Crippen molar-refractivity contribution in [2.45, 2.75) is 19.6 Å². The van der Waals surface area contributed by atoms with Crippen molar-refractivity contribution in [2.75, 3.05) is 31.2 Å². The number of carbonyl (C=O) groups is 1. The Hall–Kier alpha value is -3.65. The molecule has 2 N–H and O–H groups in total. The van der Waals surface area contributed by atoms with Crippen LogP contribution >= 0.6 is 0 Å². The fourth-order valence-corrected chi connectivity index (χ4v) is 3.51. The zero-order chi connectivity index (χ0) is 22.2. The summed E-state index contributed by atoms with van der Waals surface area (Å²) in [7, 11) is 0. The molecule has 1 saturated heterocycles. The lowest BCUT2D eigenvalue weighted by Crippen LogP contribution is -2.37. The molecule has 8 nitrogen and oxygen atoms in total. The van der Waals surface area contributed by atoms with Gasteiger partial charge in [-0.2, -0.15) is 0 Å². The lowest BCUT2D eigenvalue weighted by molar-refractivity contribution is 0.122. The molecule has 0 atom stereocenters. The quantitative estimate of drug-likeness (QED) is 0.596. The van der Waals surface area contributed by atoms with E-state index >= 15 is 0 Å². The van der Waals surface area contributed by atoms with Gasteiger partial charge >= 0.3 is 6.03 Å². The molecule has 0 unspecified atom stereocenters. The summed E-state index contributed by atoms with van der Waals surface area (Å²) in [5.74, 6) is 0.908. The predicted molar refractivity (Wildman–Crippen MR) is 123 cm³/mol. The van der Waals surface area contributed by atoms with Crippen molar-refractivity contribution < 1.29 is 9.53 Å². The number of pyridine rings is 2. The van der Waals surface area contributed by atoms with Crippen LogP contribution in [0.3, 0.4) is 0 Å². The molecule has 166 valence electrons. The molecule has 8 heteroatoms. The molecule has 0 saturated carbocycles. The van der Waals surface area contributed by atoms with E-state index in [-0.39, 0.29) is 11.6 Å².